The van der Waals surface area contributed by atoms with Crippen LogP contribution in [0.15, 0.2) is 29.1 Å². The SMILES string of the molecule is CCNc1cccc(NCCc2ncon2)c1[N+](=O)[O-]. The Morgan fingerprint density at radius 2 is 2.10 bits per heavy atom. The minimum atomic E-state index is -0.394. The molecule has 0 atom stereocenters. The molecule has 0 saturated carbocycles. The summed E-state index contributed by atoms with van der Waals surface area (Å²) in [5.41, 5.74) is 1.02. The lowest BCUT2D eigenvalue weighted by molar-refractivity contribution is -0.383. The first-order chi connectivity index (χ1) is 9.72. The Bertz CT molecular complexity index is 570. The van der Waals surface area contributed by atoms with Crippen LogP contribution >= 0.6 is 0 Å². The Labute approximate surface area is 115 Å². The number of nitro benzene ring substituents is 1. The van der Waals surface area contributed by atoms with Crippen LogP contribution in [0.2, 0.25) is 0 Å². The summed E-state index contributed by atoms with van der Waals surface area (Å²) in [5, 5.41) is 20.9. The van der Waals surface area contributed by atoms with Gasteiger partial charge in [0, 0.05) is 19.5 Å². The van der Waals surface area contributed by atoms with Crippen LogP contribution in [0.4, 0.5) is 17.1 Å². The van der Waals surface area contributed by atoms with Gasteiger partial charge in [0.15, 0.2) is 5.82 Å². The Balaban J connectivity index is 2.09. The van der Waals surface area contributed by atoms with E-state index in [0.29, 0.717) is 36.7 Å². The molecule has 0 amide bonds. The number of hydrogen-bond donors (Lipinski definition) is 2. The van der Waals surface area contributed by atoms with Crippen LogP contribution in [-0.2, 0) is 6.42 Å². The van der Waals surface area contributed by atoms with Crippen LogP contribution in [0, 0.1) is 10.1 Å². The number of benzene rings is 1. The number of nitrogens with zero attached hydrogens (tertiary/aromatic N) is 3. The molecule has 0 aliphatic rings. The van der Waals surface area contributed by atoms with Crippen LogP contribution in [0.5, 0.6) is 0 Å². The molecule has 1 aromatic carbocycles. The largest absolute Gasteiger partial charge is 0.380 e. The Kier molecular flexibility index (Phi) is 4.48. The second-order valence-electron chi connectivity index (χ2n) is 4.01. The fourth-order valence-electron chi connectivity index (χ4n) is 1.83. The molecule has 20 heavy (non-hydrogen) atoms. The Morgan fingerprint density at radius 1 is 1.35 bits per heavy atom. The van der Waals surface area contributed by atoms with Crippen molar-refractivity contribution in [3.05, 3.63) is 40.5 Å². The standard InChI is InChI=1S/C12H15N5O3/c1-2-13-9-4-3-5-10(12(9)17(18)19)14-7-6-11-15-8-20-16-11/h3-5,8,13-14H,2,6-7H2,1H3. The molecule has 2 aromatic rings. The first-order valence-electron chi connectivity index (χ1n) is 6.22. The van der Waals surface area contributed by atoms with Crippen molar-refractivity contribution in [2.24, 2.45) is 0 Å². The van der Waals surface area contributed by atoms with E-state index in [9.17, 15) is 10.1 Å². The van der Waals surface area contributed by atoms with E-state index >= 15 is 0 Å². The molecular weight excluding hydrogens is 262 g/mol. The van der Waals surface area contributed by atoms with Crippen LogP contribution in [0.3, 0.4) is 0 Å². The summed E-state index contributed by atoms with van der Waals surface area (Å²) in [6, 6.07) is 5.13. The number of aromatic nitrogens is 2. The predicted molar refractivity (Wildman–Crippen MR) is 73.8 cm³/mol. The Hall–Kier alpha value is -2.64. The van der Waals surface area contributed by atoms with E-state index in [-0.39, 0.29) is 5.69 Å². The summed E-state index contributed by atoms with van der Waals surface area (Å²) in [6.07, 6.45) is 1.78. The highest BCUT2D eigenvalue weighted by atomic mass is 16.6. The van der Waals surface area contributed by atoms with Crippen molar-refractivity contribution in [1.29, 1.82) is 0 Å². The molecular formula is C12H15N5O3. The summed E-state index contributed by atoms with van der Waals surface area (Å²) in [4.78, 5) is 14.7. The van der Waals surface area contributed by atoms with Gasteiger partial charge in [0.2, 0.25) is 6.39 Å². The van der Waals surface area contributed by atoms with E-state index in [2.05, 4.69) is 25.3 Å². The van der Waals surface area contributed by atoms with Gasteiger partial charge >= 0.3 is 5.69 Å². The highest BCUT2D eigenvalue weighted by molar-refractivity contribution is 5.76. The molecule has 0 spiro atoms. The number of anilines is 2. The van der Waals surface area contributed by atoms with Crippen molar-refractivity contribution >= 4 is 17.1 Å². The smallest absolute Gasteiger partial charge is 0.315 e. The summed E-state index contributed by atoms with van der Waals surface area (Å²) < 4.78 is 4.62. The molecule has 8 nitrogen and oxygen atoms in total. The lowest BCUT2D eigenvalue weighted by atomic mass is 10.2. The second kappa shape index (κ2) is 6.50. The second-order valence-corrected chi connectivity index (χ2v) is 4.01. The zero-order chi connectivity index (χ0) is 14.4. The van der Waals surface area contributed by atoms with Gasteiger partial charge in [-0.05, 0) is 19.1 Å². The van der Waals surface area contributed by atoms with E-state index in [1.54, 1.807) is 18.2 Å². The van der Waals surface area contributed by atoms with Gasteiger partial charge in [-0.25, -0.2) is 0 Å². The molecule has 0 unspecified atom stereocenters. The Morgan fingerprint density at radius 3 is 2.70 bits per heavy atom. The van der Waals surface area contributed by atoms with E-state index in [1.165, 1.54) is 6.39 Å². The highest BCUT2D eigenvalue weighted by Crippen LogP contribution is 2.32. The number of hydrogen-bond acceptors (Lipinski definition) is 7. The molecule has 0 saturated heterocycles. The maximum atomic E-state index is 11.2. The maximum absolute atomic E-state index is 11.2. The highest BCUT2D eigenvalue weighted by Gasteiger charge is 2.18. The monoisotopic (exact) mass is 277 g/mol. The minimum Gasteiger partial charge on any atom is -0.380 e. The molecule has 0 bridgehead atoms. The predicted octanol–water partition coefficient (Wildman–Crippen LogP) is 2.06. The van der Waals surface area contributed by atoms with Crippen LogP contribution in [0.1, 0.15) is 12.7 Å². The molecule has 1 aromatic heterocycles. The van der Waals surface area contributed by atoms with Crippen molar-refractivity contribution in [3.63, 3.8) is 0 Å². The quantitative estimate of drug-likeness (QED) is 0.589. The molecule has 1 heterocycles. The van der Waals surface area contributed by atoms with Crippen LogP contribution in [0.25, 0.3) is 0 Å². The van der Waals surface area contributed by atoms with Crippen LogP contribution < -0.4 is 10.6 Å². The van der Waals surface area contributed by atoms with Crippen molar-refractivity contribution in [1.82, 2.24) is 10.1 Å². The lowest BCUT2D eigenvalue weighted by Crippen LogP contribution is -2.09. The maximum Gasteiger partial charge on any atom is 0.315 e. The van der Waals surface area contributed by atoms with Crippen molar-refractivity contribution in [2.75, 3.05) is 23.7 Å². The van der Waals surface area contributed by atoms with Crippen molar-refractivity contribution < 1.29 is 9.45 Å². The molecule has 106 valence electrons. The third-order valence-electron chi connectivity index (χ3n) is 2.66. The molecule has 0 fully saturated rings. The average Bonchev–Trinajstić information content (AvgIpc) is 2.92. The molecule has 0 radical (unpaired) electrons. The van der Waals surface area contributed by atoms with Crippen molar-refractivity contribution in [3.8, 4) is 0 Å². The topological polar surface area (TPSA) is 106 Å². The summed E-state index contributed by atoms with van der Waals surface area (Å²) in [6.45, 7) is 2.99. The van der Waals surface area contributed by atoms with Crippen LogP contribution in [-0.4, -0.2) is 28.2 Å². The van der Waals surface area contributed by atoms with Gasteiger partial charge in [0.1, 0.15) is 11.4 Å². The van der Waals surface area contributed by atoms with Gasteiger partial charge in [-0.1, -0.05) is 11.2 Å². The summed E-state index contributed by atoms with van der Waals surface area (Å²) in [5.74, 6) is 0.558. The zero-order valence-electron chi connectivity index (χ0n) is 11.0. The minimum absolute atomic E-state index is 0.0439. The van der Waals surface area contributed by atoms with Gasteiger partial charge in [0.05, 0.1) is 4.92 Å². The summed E-state index contributed by atoms with van der Waals surface area (Å²) in [7, 11) is 0. The third kappa shape index (κ3) is 3.22. The molecule has 2 N–H and O–H groups in total. The molecule has 0 aliphatic heterocycles. The van der Waals surface area contributed by atoms with Crippen molar-refractivity contribution in [2.45, 2.75) is 13.3 Å². The normalized spacial score (nSPS) is 10.2. The van der Waals surface area contributed by atoms with E-state index in [1.807, 2.05) is 6.92 Å². The zero-order valence-corrected chi connectivity index (χ0v) is 11.0. The van der Waals surface area contributed by atoms with Gasteiger partial charge in [-0.2, -0.15) is 4.98 Å². The van der Waals surface area contributed by atoms with Gasteiger partial charge in [0.25, 0.3) is 0 Å². The summed E-state index contributed by atoms with van der Waals surface area (Å²) >= 11 is 0. The average molecular weight is 277 g/mol. The first kappa shape index (κ1) is 13.8. The van der Waals surface area contributed by atoms with Gasteiger partial charge < -0.3 is 15.2 Å². The fourth-order valence-corrected chi connectivity index (χ4v) is 1.83. The van der Waals surface area contributed by atoms with Gasteiger partial charge in [-0.15, -0.1) is 0 Å². The fraction of sp³-hybridized carbons (Fsp3) is 0.333. The first-order valence-corrected chi connectivity index (χ1v) is 6.22. The molecule has 8 heteroatoms. The number of rotatable bonds is 7. The van der Waals surface area contributed by atoms with E-state index in [4.69, 9.17) is 0 Å². The van der Waals surface area contributed by atoms with E-state index in [0.717, 1.165) is 0 Å². The molecule has 0 aliphatic carbocycles. The third-order valence-corrected chi connectivity index (χ3v) is 2.66. The lowest BCUT2D eigenvalue weighted by Gasteiger charge is -2.10. The molecule has 2 rings (SSSR count). The number of nitrogens with one attached hydrogen (secondary N) is 2. The van der Waals surface area contributed by atoms with E-state index < -0.39 is 4.92 Å². The number of para-hydroxylation sites is 1. The number of nitro groups is 1. The van der Waals surface area contributed by atoms with Gasteiger partial charge in [-0.3, -0.25) is 10.1 Å².